The number of aliphatic hydroxyl groups is 1. The zero-order chi connectivity index (χ0) is 18.7. The Kier molecular flexibility index (Phi) is 4.73. The number of hydrogen-bond acceptors (Lipinski definition) is 6. The summed E-state index contributed by atoms with van der Waals surface area (Å²) in [6, 6.07) is 16.2. The van der Waals surface area contributed by atoms with Crippen molar-refractivity contribution in [3.63, 3.8) is 0 Å². The highest BCUT2D eigenvalue weighted by Gasteiger charge is 2.32. The molecule has 0 saturated carbocycles. The lowest BCUT2D eigenvalue weighted by Crippen LogP contribution is -2.43. The van der Waals surface area contributed by atoms with Crippen LogP contribution < -0.4 is 10.2 Å². The first-order chi connectivity index (χ1) is 12.4. The maximum atomic E-state index is 12.2. The molecule has 0 radical (unpaired) electrons. The Hall–Kier alpha value is -3.19. The van der Waals surface area contributed by atoms with Crippen LogP contribution in [-0.2, 0) is 5.72 Å². The predicted molar refractivity (Wildman–Crippen MR) is 97.5 cm³/mol. The summed E-state index contributed by atoms with van der Waals surface area (Å²) < 4.78 is 5.16. The average molecular weight is 352 g/mol. The van der Waals surface area contributed by atoms with E-state index in [0.29, 0.717) is 11.4 Å². The molecule has 1 atom stereocenters. The summed E-state index contributed by atoms with van der Waals surface area (Å²) in [4.78, 5) is 18.4. The van der Waals surface area contributed by atoms with Crippen LogP contribution in [0.4, 0.5) is 5.69 Å². The number of carbonyl (C=O) groups excluding carboxylic acids is 1. The number of aromatic nitrogens is 2. The van der Waals surface area contributed by atoms with Gasteiger partial charge in [0.15, 0.2) is 0 Å². The molecule has 0 saturated heterocycles. The molecule has 134 valence electrons. The Morgan fingerprint density at radius 1 is 1.12 bits per heavy atom. The minimum atomic E-state index is -1.79. The number of amides is 1. The molecule has 1 aromatic heterocycles. The lowest BCUT2D eigenvalue weighted by atomic mass is 10.1. The van der Waals surface area contributed by atoms with Crippen molar-refractivity contribution in [2.45, 2.75) is 12.6 Å². The van der Waals surface area contributed by atoms with Gasteiger partial charge in [-0.15, -0.1) is 0 Å². The SMILES string of the molecule is CN(C)c1ccc(-c2noc([C@](C)(O)NC(=O)c3ccccc3)n2)cc1. The van der Waals surface area contributed by atoms with Gasteiger partial charge in [-0.3, -0.25) is 4.79 Å². The van der Waals surface area contributed by atoms with Crippen LogP contribution >= 0.6 is 0 Å². The molecule has 2 N–H and O–H groups in total. The third-order valence-corrected chi connectivity index (χ3v) is 3.88. The smallest absolute Gasteiger partial charge is 0.279 e. The minimum absolute atomic E-state index is 0.0894. The zero-order valence-corrected chi connectivity index (χ0v) is 14.8. The van der Waals surface area contributed by atoms with Crippen LogP contribution in [0.25, 0.3) is 11.4 Å². The molecule has 26 heavy (non-hydrogen) atoms. The van der Waals surface area contributed by atoms with Gasteiger partial charge in [-0.2, -0.15) is 4.98 Å². The summed E-state index contributed by atoms with van der Waals surface area (Å²) in [5.74, 6) is -0.196. The number of nitrogens with zero attached hydrogens (tertiary/aromatic N) is 3. The molecule has 0 fully saturated rings. The van der Waals surface area contributed by atoms with Crippen molar-refractivity contribution in [2.24, 2.45) is 0 Å². The molecular weight excluding hydrogens is 332 g/mol. The van der Waals surface area contributed by atoms with Gasteiger partial charge in [0.2, 0.25) is 11.5 Å². The molecule has 7 heteroatoms. The third kappa shape index (κ3) is 3.73. The van der Waals surface area contributed by atoms with Crippen LogP contribution in [0.15, 0.2) is 59.1 Å². The molecule has 0 unspecified atom stereocenters. The van der Waals surface area contributed by atoms with E-state index in [1.165, 1.54) is 6.92 Å². The van der Waals surface area contributed by atoms with Gasteiger partial charge in [0.25, 0.3) is 11.8 Å². The first kappa shape index (κ1) is 17.6. The monoisotopic (exact) mass is 352 g/mol. The number of anilines is 1. The minimum Gasteiger partial charge on any atom is -0.378 e. The van der Waals surface area contributed by atoms with Gasteiger partial charge in [-0.1, -0.05) is 23.4 Å². The Balaban J connectivity index is 1.78. The van der Waals surface area contributed by atoms with Crippen molar-refractivity contribution in [1.29, 1.82) is 0 Å². The maximum Gasteiger partial charge on any atom is 0.279 e. The fourth-order valence-electron chi connectivity index (χ4n) is 2.38. The van der Waals surface area contributed by atoms with E-state index in [4.69, 9.17) is 4.52 Å². The second kappa shape index (κ2) is 6.97. The van der Waals surface area contributed by atoms with Gasteiger partial charge >= 0.3 is 0 Å². The van der Waals surface area contributed by atoms with Gasteiger partial charge in [0.05, 0.1) is 0 Å². The summed E-state index contributed by atoms with van der Waals surface area (Å²) in [7, 11) is 3.90. The molecule has 2 aromatic carbocycles. The van der Waals surface area contributed by atoms with E-state index in [9.17, 15) is 9.90 Å². The predicted octanol–water partition coefficient (Wildman–Crippen LogP) is 2.40. The molecule has 7 nitrogen and oxygen atoms in total. The van der Waals surface area contributed by atoms with Gasteiger partial charge in [0, 0.05) is 30.9 Å². The zero-order valence-electron chi connectivity index (χ0n) is 14.8. The molecule has 0 aliphatic heterocycles. The molecule has 1 heterocycles. The normalized spacial score (nSPS) is 13.1. The fourth-order valence-corrected chi connectivity index (χ4v) is 2.38. The molecule has 3 aromatic rings. The molecule has 0 aliphatic rings. The van der Waals surface area contributed by atoms with E-state index in [0.717, 1.165) is 11.3 Å². The molecular formula is C19H20N4O3. The van der Waals surface area contributed by atoms with E-state index in [2.05, 4.69) is 15.5 Å². The van der Waals surface area contributed by atoms with Gasteiger partial charge in [-0.05, 0) is 43.3 Å². The number of carbonyl (C=O) groups is 1. The van der Waals surface area contributed by atoms with Crippen molar-refractivity contribution in [2.75, 3.05) is 19.0 Å². The summed E-state index contributed by atoms with van der Waals surface area (Å²) in [5.41, 5.74) is 0.420. The fraction of sp³-hybridized carbons (Fsp3) is 0.211. The number of nitrogens with one attached hydrogen (secondary N) is 1. The van der Waals surface area contributed by atoms with Crippen molar-refractivity contribution in [3.05, 3.63) is 66.1 Å². The summed E-state index contributed by atoms with van der Waals surface area (Å²) in [6.45, 7) is 1.39. The number of hydrogen-bond donors (Lipinski definition) is 2. The van der Waals surface area contributed by atoms with Crippen LogP contribution in [0, 0.1) is 0 Å². The van der Waals surface area contributed by atoms with Crippen LogP contribution in [-0.4, -0.2) is 35.2 Å². The van der Waals surface area contributed by atoms with Gasteiger partial charge in [0.1, 0.15) is 0 Å². The number of rotatable bonds is 5. The van der Waals surface area contributed by atoms with Crippen LogP contribution in [0.5, 0.6) is 0 Å². The molecule has 1 amide bonds. The lowest BCUT2D eigenvalue weighted by molar-refractivity contribution is -0.00656. The highest BCUT2D eigenvalue weighted by molar-refractivity contribution is 5.94. The molecule has 0 bridgehead atoms. The van der Waals surface area contributed by atoms with Crippen LogP contribution in [0.2, 0.25) is 0 Å². The highest BCUT2D eigenvalue weighted by Crippen LogP contribution is 2.23. The second-order valence-electron chi connectivity index (χ2n) is 6.26. The topological polar surface area (TPSA) is 91.5 Å². The lowest BCUT2D eigenvalue weighted by Gasteiger charge is -2.20. The van der Waals surface area contributed by atoms with Crippen molar-refractivity contribution in [3.8, 4) is 11.4 Å². The average Bonchev–Trinajstić information content (AvgIpc) is 3.13. The summed E-state index contributed by atoms with van der Waals surface area (Å²) >= 11 is 0. The molecule has 3 rings (SSSR count). The second-order valence-corrected chi connectivity index (χ2v) is 6.26. The van der Waals surface area contributed by atoms with Crippen molar-refractivity contribution in [1.82, 2.24) is 15.5 Å². The Bertz CT molecular complexity index is 887. The number of benzene rings is 2. The van der Waals surface area contributed by atoms with Crippen molar-refractivity contribution < 1.29 is 14.4 Å². The van der Waals surface area contributed by atoms with Crippen LogP contribution in [0.1, 0.15) is 23.2 Å². The molecule has 0 aliphatic carbocycles. The Labute approximate surface area is 151 Å². The highest BCUT2D eigenvalue weighted by atomic mass is 16.5. The largest absolute Gasteiger partial charge is 0.378 e. The van der Waals surface area contributed by atoms with E-state index in [1.54, 1.807) is 30.3 Å². The van der Waals surface area contributed by atoms with E-state index >= 15 is 0 Å². The third-order valence-electron chi connectivity index (χ3n) is 3.88. The first-order valence-corrected chi connectivity index (χ1v) is 8.09. The van der Waals surface area contributed by atoms with Gasteiger partial charge in [-0.25, -0.2) is 0 Å². The van der Waals surface area contributed by atoms with E-state index in [1.807, 2.05) is 43.3 Å². The molecule has 0 spiro atoms. The summed E-state index contributed by atoms with van der Waals surface area (Å²) in [5, 5.41) is 16.9. The quantitative estimate of drug-likeness (QED) is 0.685. The van der Waals surface area contributed by atoms with E-state index in [-0.39, 0.29) is 5.89 Å². The first-order valence-electron chi connectivity index (χ1n) is 8.09. The van der Waals surface area contributed by atoms with E-state index < -0.39 is 11.6 Å². The summed E-state index contributed by atoms with van der Waals surface area (Å²) in [6.07, 6.45) is 0. The Morgan fingerprint density at radius 2 is 1.77 bits per heavy atom. The maximum absolute atomic E-state index is 12.2. The standard InChI is InChI=1S/C19H20N4O3/c1-19(25,21-17(24)14-7-5-4-6-8-14)18-20-16(22-26-18)13-9-11-15(12-10-13)23(2)3/h4-12,25H,1-3H3,(H,21,24)/t19-/m0/s1. The van der Waals surface area contributed by atoms with Gasteiger partial charge < -0.3 is 19.8 Å². The Morgan fingerprint density at radius 3 is 2.38 bits per heavy atom. The van der Waals surface area contributed by atoms with Crippen LogP contribution in [0.3, 0.4) is 0 Å². The van der Waals surface area contributed by atoms with Crippen molar-refractivity contribution >= 4 is 11.6 Å².